The molecule has 1 saturated carbocycles. The van der Waals surface area contributed by atoms with Crippen molar-refractivity contribution < 1.29 is 9.18 Å². The van der Waals surface area contributed by atoms with E-state index in [0.717, 1.165) is 23.1 Å². The number of hydrogen-bond acceptors (Lipinski definition) is 1. The summed E-state index contributed by atoms with van der Waals surface area (Å²) in [5.74, 6) is 0.0941. The van der Waals surface area contributed by atoms with Crippen molar-refractivity contribution >= 4 is 5.78 Å². The van der Waals surface area contributed by atoms with E-state index < -0.39 is 0 Å². The molecule has 1 nitrogen and oxygen atoms in total. The normalized spacial score (nSPS) is 25.1. The van der Waals surface area contributed by atoms with E-state index >= 15 is 0 Å². The predicted octanol–water partition coefficient (Wildman–Crippen LogP) is 3.45. The molecule has 1 fully saturated rings. The number of aryl methyl sites for hydroxylation is 2. The Kier molecular flexibility index (Phi) is 2.61. The molecule has 86 valence electrons. The molecule has 0 N–H and O–H groups in total. The number of benzene rings is 1. The van der Waals surface area contributed by atoms with Gasteiger partial charge in [0.25, 0.3) is 0 Å². The molecule has 0 radical (unpaired) electrons. The number of hydrogen-bond donors (Lipinski definition) is 0. The summed E-state index contributed by atoms with van der Waals surface area (Å²) in [4.78, 5) is 11.4. The second-order valence-electron chi connectivity index (χ2n) is 5.21. The molecule has 0 saturated heterocycles. The summed E-state index contributed by atoms with van der Waals surface area (Å²) < 4.78 is 14.0. The summed E-state index contributed by atoms with van der Waals surface area (Å²) in [7, 11) is 0. The highest BCUT2D eigenvalue weighted by Gasteiger charge is 2.38. The van der Waals surface area contributed by atoms with Crippen molar-refractivity contribution in [3.8, 4) is 0 Å². The first-order valence-electron chi connectivity index (χ1n) is 5.71. The van der Waals surface area contributed by atoms with Gasteiger partial charge in [-0.25, -0.2) is 4.39 Å². The molecule has 2 heteroatoms. The minimum Gasteiger partial charge on any atom is -0.300 e. The fourth-order valence-electron chi connectivity index (χ4n) is 2.92. The molecule has 1 unspecified atom stereocenters. The Morgan fingerprint density at radius 1 is 1.31 bits per heavy atom. The van der Waals surface area contributed by atoms with Gasteiger partial charge in [0.05, 0.1) is 0 Å². The number of carbonyl (C=O) groups is 1. The molecule has 1 aliphatic carbocycles. The van der Waals surface area contributed by atoms with Gasteiger partial charge in [-0.3, -0.25) is 4.79 Å². The summed E-state index contributed by atoms with van der Waals surface area (Å²) in [6.45, 7) is 5.82. The van der Waals surface area contributed by atoms with E-state index in [2.05, 4.69) is 0 Å². The molecule has 0 aromatic heterocycles. The van der Waals surface area contributed by atoms with Crippen molar-refractivity contribution in [2.45, 2.75) is 45.4 Å². The van der Waals surface area contributed by atoms with Gasteiger partial charge in [-0.15, -0.1) is 0 Å². The van der Waals surface area contributed by atoms with Crippen LogP contribution in [0.4, 0.5) is 4.39 Å². The van der Waals surface area contributed by atoms with Crippen molar-refractivity contribution in [2.75, 3.05) is 0 Å². The highest BCUT2D eigenvalue weighted by Crippen LogP contribution is 2.41. The van der Waals surface area contributed by atoms with Crippen LogP contribution in [0, 0.1) is 19.7 Å². The quantitative estimate of drug-likeness (QED) is 0.708. The van der Waals surface area contributed by atoms with Crippen LogP contribution in [0.5, 0.6) is 0 Å². The fraction of sp³-hybridized carbons (Fsp3) is 0.500. The first-order chi connectivity index (χ1) is 7.42. The van der Waals surface area contributed by atoms with Gasteiger partial charge in [-0.05, 0) is 43.0 Å². The fourth-order valence-corrected chi connectivity index (χ4v) is 2.92. The first-order valence-corrected chi connectivity index (χ1v) is 5.71. The van der Waals surface area contributed by atoms with Gasteiger partial charge in [0.15, 0.2) is 0 Å². The Balaban J connectivity index is 2.52. The largest absolute Gasteiger partial charge is 0.300 e. The van der Waals surface area contributed by atoms with Crippen LogP contribution in [0.25, 0.3) is 0 Å². The van der Waals surface area contributed by atoms with Crippen LogP contribution in [-0.2, 0) is 10.2 Å². The molecule has 2 rings (SSSR count). The molecule has 1 aromatic carbocycles. The SMILES string of the molecule is Cc1cc(C)c(C2(C)CCC(=O)C2)c(F)c1. The zero-order valence-electron chi connectivity index (χ0n) is 10.1. The number of Topliss-reactive ketones (excluding diaryl/α,β-unsaturated/α-hetero) is 1. The number of ketones is 1. The van der Waals surface area contributed by atoms with Crippen LogP contribution >= 0.6 is 0 Å². The van der Waals surface area contributed by atoms with E-state index in [9.17, 15) is 9.18 Å². The van der Waals surface area contributed by atoms with Crippen molar-refractivity contribution in [1.29, 1.82) is 0 Å². The summed E-state index contributed by atoms with van der Waals surface area (Å²) in [5, 5.41) is 0. The Morgan fingerprint density at radius 3 is 2.50 bits per heavy atom. The number of carbonyl (C=O) groups excluding carboxylic acids is 1. The standard InChI is InChI=1S/C14H17FO/c1-9-6-10(2)13(12(15)7-9)14(3)5-4-11(16)8-14/h6-7H,4-5,8H2,1-3H3. The third-order valence-corrected chi connectivity index (χ3v) is 3.58. The molecule has 0 bridgehead atoms. The maximum atomic E-state index is 14.0. The highest BCUT2D eigenvalue weighted by molar-refractivity contribution is 5.82. The van der Waals surface area contributed by atoms with Gasteiger partial charge >= 0.3 is 0 Å². The second-order valence-corrected chi connectivity index (χ2v) is 5.21. The highest BCUT2D eigenvalue weighted by atomic mass is 19.1. The molecule has 0 heterocycles. The van der Waals surface area contributed by atoms with Crippen LogP contribution in [0.1, 0.15) is 42.9 Å². The van der Waals surface area contributed by atoms with E-state index in [1.807, 2.05) is 26.8 Å². The van der Waals surface area contributed by atoms with Crippen LogP contribution in [0.2, 0.25) is 0 Å². The van der Waals surface area contributed by atoms with E-state index in [0.29, 0.717) is 12.8 Å². The smallest absolute Gasteiger partial charge is 0.133 e. The lowest BCUT2D eigenvalue weighted by atomic mass is 9.78. The maximum absolute atomic E-state index is 14.0. The monoisotopic (exact) mass is 220 g/mol. The summed E-state index contributed by atoms with van der Waals surface area (Å²) in [6.07, 6.45) is 1.84. The molecule has 0 aliphatic heterocycles. The van der Waals surface area contributed by atoms with Crippen molar-refractivity contribution in [1.82, 2.24) is 0 Å². The van der Waals surface area contributed by atoms with Crippen LogP contribution in [0.15, 0.2) is 12.1 Å². The zero-order valence-corrected chi connectivity index (χ0v) is 10.1. The van der Waals surface area contributed by atoms with E-state index in [4.69, 9.17) is 0 Å². The van der Waals surface area contributed by atoms with Gasteiger partial charge in [0.1, 0.15) is 11.6 Å². The van der Waals surface area contributed by atoms with Gasteiger partial charge in [0, 0.05) is 18.3 Å². The zero-order chi connectivity index (χ0) is 11.9. The van der Waals surface area contributed by atoms with Gasteiger partial charge < -0.3 is 0 Å². The molecule has 16 heavy (non-hydrogen) atoms. The van der Waals surface area contributed by atoms with Gasteiger partial charge in [0.2, 0.25) is 0 Å². The predicted molar refractivity (Wildman–Crippen MR) is 62.1 cm³/mol. The molecular formula is C14H17FO. The Labute approximate surface area is 95.7 Å². The summed E-state index contributed by atoms with van der Waals surface area (Å²) >= 11 is 0. The average molecular weight is 220 g/mol. The minimum atomic E-state index is -0.293. The van der Waals surface area contributed by atoms with Crippen LogP contribution < -0.4 is 0 Å². The maximum Gasteiger partial charge on any atom is 0.133 e. The van der Waals surface area contributed by atoms with E-state index in [-0.39, 0.29) is 17.0 Å². The summed E-state index contributed by atoms with van der Waals surface area (Å²) in [5.41, 5.74) is 2.35. The number of rotatable bonds is 1. The lowest BCUT2D eigenvalue weighted by molar-refractivity contribution is -0.117. The average Bonchev–Trinajstić information content (AvgIpc) is 2.44. The Bertz CT molecular complexity index is 427. The lowest BCUT2D eigenvalue weighted by Crippen LogP contribution is -2.21. The van der Waals surface area contributed by atoms with E-state index in [1.165, 1.54) is 0 Å². The van der Waals surface area contributed by atoms with Gasteiger partial charge in [-0.1, -0.05) is 13.0 Å². The Hall–Kier alpha value is -1.18. The summed E-state index contributed by atoms with van der Waals surface area (Å²) in [6, 6.07) is 3.56. The third-order valence-electron chi connectivity index (χ3n) is 3.58. The third kappa shape index (κ3) is 1.77. The second kappa shape index (κ2) is 3.69. The van der Waals surface area contributed by atoms with Crippen molar-refractivity contribution in [3.63, 3.8) is 0 Å². The lowest BCUT2D eigenvalue weighted by Gasteiger charge is -2.26. The van der Waals surface area contributed by atoms with Crippen LogP contribution in [-0.4, -0.2) is 5.78 Å². The molecule has 1 atom stereocenters. The molecular weight excluding hydrogens is 203 g/mol. The molecule has 1 aliphatic rings. The Morgan fingerprint density at radius 2 is 2.00 bits per heavy atom. The van der Waals surface area contributed by atoms with Crippen molar-refractivity contribution in [2.24, 2.45) is 0 Å². The minimum absolute atomic E-state index is 0.158. The van der Waals surface area contributed by atoms with E-state index in [1.54, 1.807) is 6.07 Å². The van der Waals surface area contributed by atoms with Crippen molar-refractivity contribution in [3.05, 3.63) is 34.6 Å². The number of halogens is 1. The molecule has 0 amide bonds. The topological polar surface area (TPSA) is 17.1 Å². The van der Waals surface area contributed by atoms with Crippen LogP contribution in [0.3, 0.4) is 0 Å². The molecule has 1 aromatic rings. The first kappa shape index (κ1) is 11.3. The van der Waals surface area contributed by atoms with Gasteiger partial charge in [-0.2, -0.15) is 0 Å². The molecule has 0 spiro atoms.